The van der Waals surface area contributed by atoms with Gasteiger partial charge in [0.1, 0.15) is 0 Å². The van der Waals surface area contributed by atoms with Crippen LogP contribution in [0.15, 0.2) is 0 Å². The average molecular weight is 277 g/mol. The van der Waals surface area contributed by atoms with Gasteiger partial charge in [0.05, 0.1) is 0 Å². The molecule has 0 saturated carbocycles. The zero-order valence-corrected chi connectivity index (χ0v) is 12.2. The van der Waals surface area contributed by atoms with E-state index in [4.69, 9.17) is 4.74 Å². The highest BCUT2D eigenvalue weighted by Gasteiger charge is 2.41. The van der Waals surface area contributed by atoms with Crippen molar-refractivity contribution in [1.82, 2.24) is 10.2 Å². The fourth-order valence-electron chi connectivity index (χ4n) is 3.04. The second-order valence-corrected chi connectivity index (χ2v) is 5.58. The number of likely N-dealkylation sites (tertiary alicyclic amines) is 1. The summed E-state index contributed by atoms with van der Waals surface area (Å²) in [5.74, 6) is 0.401. The number of carbonyl (C=O) groups is 1. The predicted molar refractivity (Wildman–Crippen MR) is 74.0 cm³/mol. The van der Waals surface area contributed by atoms with E-state index in [9.17, 15) is 4.79 Å². The summed E-state index contributed by atoms with van der Waals surface area (Å²) < 4.78 is 5.42. The largest absolute Gasteiger partial charge is 0.381 e. The third-order valence-electron chi connectivity index (χ3n) is 4.24. The minimum atomic E-state index is 0. The Morgan fingerprint density at radius 1 is 1.39 bits per heavy atom. The smallest absolute Gasteiger partial charge is 0.226 e. The molecule has 0 bridgehead atoms. The summed E-state index contributed by atoms with van der Waals surface area (Å²) in [7, 11) is 1.90. The van der Waals surface area contributed by atoms with Gasteiger partial charge in [-0.3, -0.25) is 4.79 Å². The van der Waals surface area contributed by atoms with Crippen molar-refractivity contribution < 1.29 is 9.53 Å². The van der Waals surface area contributed by atoms with Crippen molar-refractivity contribution >= 4 is 18.3 Å². The highest BCUT2D eigenvalue weighted by molar-refractivity contribution is 5.85. The van der Waals surface area contributed by atoms with Gasteiger partial charge in [0.2, 0.25) is 5.91 Å². The fourth-order valence-corrected chi connectivity index (χ4v) is 3.04. The zero-order chi connectivity index (χ0) is 12.3. The van der Waals surface area contributed by atoms with Crippen LogP contribution in [-0.2, 0) is 9.53 Å². The Kier molecular flexibility index (Phi) is 5.89. The summed E-state index contributed by atoms with van der Waals surface area (Å²) in [6.45, 7) is 6.40. The van der Waals surface area contributed by atoms with Crippen molar-refractivity contribution in [2.24, 2.45) is 11.3 Å². The van der Waals surface area contributed by atoms with Crippen molar-refractivity contribution in [3.63, 3.8) is 0 Å². The summed E-state index contributed by atoms with van der Waals surface area (Å²) in [5, 5.41) is 3.08. The first-order valence-electron chi connectivity index (χ1n) is 6.68. The molecule has 0 radical (unpaired) electrons. The van der Waals surface area contributed by atoms with Gasteiger partial charge in [-0.1, -0.05) is 6.92 Å². The SMILES string of the molecule is CNCC(C)C(=O)N1CCC2(CCOCC2)C1.Cl. The lowest BCUT2D eigenvalue weighted by Gasteiger charge is -2.33. The minimum Gasteiger partial charge on any atom is -0.381 e. The lowest BCUT2D eigenvalue weighted by Crippen LogP contribution is -2.39. The Morgan fingerprint density at radius 3 is 2.67 bits per heavy atom. The lowest BCUT2D eigenvalue weighted by atomic mass is 9.80. The molecule has 1 N–H and O–H groups in total. The lowest BCUT2D eigenvalue weighted by molar-refractivity contribution is -0.134. The number of nitrogens with one attached hydrogen (secondary N) is 1. The molecule has 0 aliphatic carbocycles. The first kappa shape index (κ1) is 15.7. The van der Waals surface area contributed by atoms with Crippen LogP contribution in [0.5, 0.6) is 0 Å². The van der Waals surface area contributed by atoms with Crippen molar-refractivity contribution in [2.75, 3.05) is 39.9 Å². The summed E-state index contributed by atoms with van der Waals surface area (Å²) in [4.78, 5) is 14.3. The maximum atomic E-state index is 12.2. The summed E-state index contributed by atoms with van der Waals surface area (Å²) in [5.41, 5.74) is 0.368. The van der Waals surface area contributed by atoms with E-state index in [0.717, 1.165) is 52.1 Å². The second kappa shape index (κ2) is 6.73. The Bertz CT molecular complexity index is 280. The monoisotopic (exact) mass is 276 g/mol. The summed E-state index contributed by atoms with van der Waals surface area (Å²) >= 11 is 0. The molecule has 0 aromatic rings. The first-order valence-corrected chi connectivity index (χ1v) is 6.68. The fraction of sp³-hybridized carbons (Fsp3) is 0.923. The molecule has 0 aromatic heterocycles. The number of carbonyl (C=O) groups excluding carboxylic acids is 1. The highest BCUT2D eigenvalue weighted by Crippen LogP contribution is 2.39. The van der Waals surface area contributed by atoms with Gasteiger partial charge in [-0.15, -0.1) is 12.4 Å². The van der Waals surface area contributed by atoms with Gasteiger partial charge < -0.3 is 15.0 Å². The highest BCUT2D eigenvalue weighted by atomic mass is 35.5. The van der Waals surface area contributed by atoms with Crippen molar-refractivity contribution in [3.05, 3.63) is 0 Å². The van der Waals surface area contributed by atoms with Crippen LogP contribution in [0.3, 0.4) is 0 Å². The molecule has 18 heavy (non-hydrogen) atoms. The number of hydrogen-bond donors (Lipinski definition) is 1. The van der Waals surface area contributed by atoms with Crippen molar-refractivity contribution in [2.45, 2.75) is 26.2 Å². The normalized spacial score (nSPS) is 23.8. The van der Waals surface area contributed by atoms with Gasteiger partial charge in [0.15, 0.2) is 0 Å². The van der Waals surface area contributed by atoms with Crippen LogP contribution in [0.4, 0.5) is 0 Å². The van der Waals surface area contributed by atoms with Crippen molar-refractivity contribution in [3.8, 4) is 0 Å². The van der Waals surface area contributed by atoms with Gasteiger partial charge >= 0.3 is 0 Å². The van der Waals surface area contributed by atoms with Crippen LogP contribution in [0.2, 0.25) is 0 Å². The topological polar surface area (TPSA) is 41.6 Å². The van der Waals surface area contributed by atoms with Crippen LogP contribution in [0.25, 0.3) is 0 Å². The molecule has 2 saturated heterocycles. The van der Waals surface area contributed by atoms with Gasteiger partial charge in [0.25, 0.3) is 0 Å². The average Bonchev–Trinajstić information content (AvgIpc) is 2.73. The Labute approximate surface area is 116 Å². The maximum Gasteiger partial charge on any atom is 0.226 e. The molecule has 2 heterocycles. The molecule has 1 amide bonds. The first-order chi connectivity index (χ1) is 8.17. The Balaban J connectivity index is 0.00000162. The van der Waals surface area contributed by atoms with Gasteiger partial charge in [-0.25, -0.2) is 0 Å². The molecule has 4 nitrogen and oxygen atoms in total. The number of hydrogen-bond acceptors (Lipinski definition) is 3. The molecule has 2 fully saturated rings. The summed E-state index contributed by atoms with van der Waals surface area (Å²) in [6.07, 6.45) is 3.41. The van der Waals surface area contributed by atoms with E-state index < -0.39 is 0 Å². The summed E-state index contributed by atoms with van der Waals surface area (Å²) in [6, 6.07) is 0. The number of halogens is 1. The molecule has 2 aliphatic rings. The number of amides is 1. The van der Waals surface area contributed by atoms with Crippen LogP contribution in [0.1, 0.15) is 26.2 Å². The molecular weight excluding hydrogens is 252 g/mol. The molecule has 1 unspecified atom stereocenters. The third-order valence-corrected chi connectivity index (χ3v) is 4.24. The van der Waals surface area contributed by atoms with E-state index in [1.807, 2.05) is 14.0 Å². The number of ether oxygens (including phenoxy) is 1. The standard InChI is InChI=1S/C13H24N2O2.ClH/c1-11(9-14-2)12(16)15-6-3-13(10-15)4-7-17-8-5-13;/h11,14H,3-10H2,1-2H3;1H. The molecule has 0 aromatic carbocycles. The van der Waals surface area contributed by atoms with Crippen LogP contribution in [-0.4, -0.2) is 50.7 Å². The molecule has 2 rings (SSSR count). The maximum absolute atomic E-state index is 12.2. The predicted octanol–water partition coefficient (Wildman–Crippen LogP) is 1.29. The Morgan fingerprint density at radius 2 is 2.06 bits per heavy atom. The van der Waals surface area contributed by atoms with Gasteiger partial charge in [-0.2, -0.15) is 0 Å². The van der Waals surface area contributed by atoms with Crippen LogP contribution >= 0.6 is 12.4 Å². The number of rotatable bonds is 3. The molecule has 1 spiro atoms. The van der Waals surface area contributed by atoms with Gasteiger partial charge in [0, 0.05) is 38.8 Å². The van der Waals surface area contributed by atoms with Crippen LogP contribution < -0.4 is 5.32 Å². The van der Waals surface area contributed by atoms with E-state index >= 15 is 0 Å². The molecule has 1 atom stereocenters. The zero-order valence-electron chi connectivity index (χ0n) is 11.4. The number of nitrogens with zero attached hydrogens (tertiary/aromatic N) is 1. The van der Waals surface area contributed by atoms with E-state index in [2.05, 4.69) is 10.2 Å². The quantitative estimate of drug-likeness (QED) is 0.845. The molecular formula is C13H25ClN2O2. The third kappa shape index (κ3) is 3.37. The minimum absolute atomic E-state index is 0. The molecule has 5 heteroatoms. The van der Waals surface area contributed by atoms with E-state index in [0.29, 0.717) is 11.3 Å². The molecule has 106 valence electrons. The van der Waals surface area contributed by atoms with Gasteiger partial charge in [-0.05, 0) is 31.7 Å². The van der Waals surface area contributed by atoms with Crippen molar-refractivity contribution in [1.29, 1.82) is 0 Å². The Hall–Kier alpha value is -0.320. The molecule has 2 aliphatic heterocycles. The second-order valence-electron chi connectivity index (χ2n) is 5.58. The van der Waals surface area contributed by atoms with E-state index in [1.54, 1.807) is 0 Å². The van der Waals surface area contributed by atoms with Crippen LogP contribution in [0, 0.1) is 11.3 Å². The van der Waals surface area contributed by atoms with E-state index in [-0.39, 0.29) is 18.3 Å². The van der Waals surface area contributed by atoms with E-state index in [1.165, 1.54) is 0 Å².